The Labute approximate surface area is 117 Å². The van der Waals surface area contributed by atoms with Gasteiger partial charge in [0.2, 0.25) is 0 Å². The number of hydrogen-bond acceptors (Lipinski definition) is 3. The lowest BCUT2D eigenvalue weighted by Gasteiger charge is -2.08. The normalized spacial score (nSPS) is 9.90. The Morgan fingerprint density at radius 2 is 2.05 bits per heavy atom. The quantitative estimate of drug-likeness (QED) is 0.865. The maximum Gasteiger partial charge on any atom is 0.258 e. The van der Waals surface area contributed by atoms with Crippen molar-refractivity contribution in [2.45, 2.75) is 0 Å². The number of anilines is 1. The van der Waals surface area contributed by atoms with E-state index in [1.165, 1.54) is 6.07 Å². The number of pyridine rings is 1. The van der Waals surface area contributed by atoms with Gasteiger partial charge in [0.05, 0.1) is 23.0 Å². The molecule has 1 heterocycles. The number of hydrogen-bond donors (Lipinski definition) is 1. The molecular weight excluding hydrogens is 288 g/mol. The highest BCUT2D eigenvalue weighted by Gasteiger charge is 2.15. The lowest BCUT2D eigenvalue weighted by Crippen LogP contribution is -2.14. The average Bonchev–Trinajstić information content (AvgIpc) is 2.43. The van der Waals surface area contributed by atoms with E-state index < -0.39 is 17.5 Å². The van der Waals surface area contributed by atoms with E-state index in [-0.39, 0.29) is 22.0 Å². The van der Waals surface area contributed by atoms with Crippen LogP contribution in [0.1, 0.15) is 15.9 Å². The molecule has 0 unspecified atom stereocenters. The van der Waals surface area contributed by atoms with E-state index in [1.54, 1.807) is 6.07 Å². The minimum Gasteiger partial charge on any atom is -0.321 e. The zero-order chi connectivity index (χ0) is 14.7. The minimum atomic E-state index is -0.745. The molecule has 1 N–H and O–H groups in total. The fourth-order valence-corrected chi connectivity index (χ4v) is 1.68. The molecule has 0 saturated carbocycles. The molecule has 0 aliphatic rings. The first-order valence-electron chi connectivity index (χ1n) is 5.33. The second-order valence-corrected chi connectivity index (χ2v) is 4.11. The molecule has 0 radical (unpaired) electrons. The third kappa shape index (κ3) is 2.90. The van der Waals surface area contributed by atoms with Crippen LogP contribution in [0.2, 0.25) is 5.15 Å². The van der Waals surface area contributed by atoms with Crippen LogP contribution in [0.3, 0.4) is 0 Å². The number of carbonyl (C=O) groups excluding carboxylic acids is 1. The highest BCUT2D eigenvalue weighted by Crippen LogP contribution is 2.19. The van der Waals surface area contributed by atoms with Gasteiger partial charge in [0.1, 0.15) is 22.9 Å². The first-order chi connectivity index (χ1) is 9.51. The smallest absolute Gasteiger partial charge is 0.258 e. The lowest BCUT2D eigenvalue weighted by atomic mass is 10.1. The maximum absolute atomic E-state index is 13.0. The molecule has 2 rings (SSSR count). The molecule has 1 aromatic carbocycles. The number of carbonyl (C=O) groups is 1. The third-order valence-corrected chi connectivity index (χ3v) is 2.70. The van der Waals surface area contributed by atoms with E-state index in [0.717, 1.165) is 24.4 Å². The minimum absolute atomic E-state index is 0.0566. The SMILES string of the molecule is N#Cc1cc(F)ccc1NC(=O)c1cc(F)cnc1Cl. The molecule has 7 heteroatoms. The van der Waals surface area contributed by atoms with Crippen LogP contribution < -0.4 is 5.32 Å². The zero-order valence-electron chi connectivity index (χ0n) is 9.82. The average molecular weight is 294 g/mol. The van der Waals surface area contributed by atoms with Gasteiger partial charge >= 0.3 is 0 Å². The van der Waals surface area contributed by atoms with Gasteiger partial charge in [-0.05, 0) is 24.3 Å². The molecule has 100 valence electrons. The summed E-state index contributed by atoms with van der Waals surface area (Å²) in [5.74, 6) is -2.07. The van der Waals surface area contributed by atoms with Crippen LogP contribution in [0.25, 0.3) is 0 Å². The van der Waals surface area contributed by atoms with Crippen molar-refractivity contribution >= 4 is 23.2 Å². The van der Waals surface area contributed by atoms with Crippen LogP contribution >= 0.6 is 11.6 Å². The van der Waals surface area contributed by atoms with Crippen LogP contribution in [-0.4, -0.2) is 10.9 Å². The summed E-state index contributed by atoms with van der Waals surface area (Å²) < 4.78 is 26.0. The number of nitriles is 1. The molecule has 1 amide bonds. The molecule has 0 saturated heterocycles. The first-order valence-corrected chi connectivity index (χ1v) is 5.71. The molecule has 0 atom stereocenters. The van der Waals surface area contributed by atoms with Crippen molar-refractivity contribution in [1.82, 2.24) is 4.98 Å². The van der Waals surface area contributed by atoms with Gasteiger partial charge < -0.3 is 5.32 Å². The fourth-order valence-electron chi connectivity index (χ4n) is 1.49. The maximum atomic E-state index is 13.0. The zero-order valence-corrected chi connectivity index (χ0v) is 10.6. The lowest BCUT2D eigenvalue weighted by molar-refractivity contribution is 0.102. The fraction of sp³-hybridized carbons (Fsp3) is 0. The van der Waals surface area contributed by atoms with Crippen molar-refractivity contribution in [2.75, 3.05) is 5.32 Å². The van der Waals surface area contributed by atoms with Crippen molar-refractivity contribution in [3.63, 3.8) is 0 Å². The number of aromatic nitrogens is 1. The van der Waals surface area contributed by atoms with Gasteiger partial charge in [-0.1, -0.05) is 11.6 Å². The number of benzene rings is 1. The Morgan fingerprint density at radius 3 is 2.75 bits per heavy atom. The molecule has 4 nitrogen and oxygen atoms in total. The van der Waals surface area contributed by atoms with Gasteiger partial charge in [-0.3, -0.25) is 4.79 Å². The van der Waals surface area contributed by atoms with Crippen molar-refractivity contribution in [1.29, 1.82) is 5.26 Å². The van der Waals surface area contributed by atoms with Gasteiger partial charge in [-0.2, -0.15) is 5.26 Å². The molecule has 0 aliphatic heterocycles. The topological polar surface area (TPSA) is 65.8 Å². The Bertz CT molecular complexity index is 728. The summed E-state index contributed by atoms with van der Waals surface area (Å²) in [6.45, 7) is 0. The number of nitrogens with zero attached hydrogens (tertiary/aromatic N) is 2. The van der Waals surface area contributed by atoms with E-state index in [1.807, 2.05) is 0 Å². The molecule has 1 aromatic heterocycles. The first kappa shape index (κ1) is 13.9. The molecule has 0 spiro atoms. The summed E-state index contributed by atoms with van der Waals surface area (Å²) in [5, 5.41) is 11.0. The summed E-state index contributed by atoms with van der Waals surface area (Å²) in [7, 11) is 0. The summed E-state index contributed by atoms with van der Waals surface area (Å²) in [4.78, 5) is 15.4. The molecule has 0 fully saturated rings. The Hall–Kier alpha value is -2.52. The van der Waals surface area contributed by atoms with E-state index in [9.17, 15) is 13.6 Å². The van der Waals surface area contributed by atoms with Crippen LogP contribution in [0.4, 0.5) is 14.5 Å². The Morgan fingerprint density at radius 1 is 1.30 bits per heavy atom. The standard InChI is InChI=1S/C13H6ClF2N3O/c14-12-10(4-9(16)6-18-12)13(20)19-11-2-1-8(15)3-7(11)5-17/h1-4,6H,(H,19,20). The van der Waals surface area contributed by atoms with Crippen molar-refractivity contribution in [3.8, 4) is 6.07 Å². The number of amides is 1. The van der Waals surface area contributed by atoms with E-state index >= 15 is 0 Å². The van der Waals surface area contributed by atoms with Gasteiger partial charge in [0, 0.05) is 0 Å². The second kappa shape index (κ2) is 5.63. The van der Waals surface area contributed by atoms with Crippen LogP contribution in [0.15, 0.2) is 30.5 Å². The molecule has 2 aromatic rings. The predicted octanol–water partition coefficient (Wildman–Crippen LogP) is 3.14. The van der Waals surface area contributed by atoms with Crippen molar-refractivity contribution < 1.29 is 13.6 Å². The Balaban J connectivity index is 2.33. The van der Waals surface area contributed by atoms with Crippen LogP contribution in [0, 0.1) is 23.0 Å². The third-order valence-electron chi connectivity index (χ3n) is 2.40. The monoisotopic (exact) mass is 293 g/mol. The summed E-state index contributed by atoms with van der Waals surface area (Å²) in [6.07, 6.45) is 0.873. The van der Waals surface area contributed by atoms with E-state index in [4.69, 9.17) is 16.9 Å². The van der Waals surface area contributed by atoms with E-state index in [0.29, 0.717) is 0 Å². The van der Waals surface area contributed by atoms with Gasteiger partial charge in [-0.15, -0.1) is 0 Å². The Kier molecular flexibility index (Phi) is 3.91. The van der Waals surface area contributed by atoms with Gasteiger partial charge in [-0.25, -0.2) is 13.8 Å². The summed E-state index contributed by atoms with van der Waals surface area (Å²) in [6, 6.07) is 5.95. The summed E-state index contributed by atoms with van der Waals surface area (Å²) in [5.41, 5.74) is -0.141. The molecule has 0 aliphatic carbocycles. The van der Waals surface area contributed by atoms with Crippen molar-refractivity contribution in [2.24, 2.45) is 0 Å². The summed E-state index contributed by atoms with van der Waals surface area (Å²) >= 11 is 5.69. The molecular formula is C13H6ClF2N3O. The van der Waals surface area contributed by atoms with Gasteiger partial charge in [0.25, 0.3) is 5.91 Å². The molecule has 20 heavy (non-hydrogen) atoms. The number of halogens is 3. The number of rotatable bonds is 2. The van der Waals surface area contributed by atoms with Crippen molar-refractivity contribution in [3.05, 3.63) is 58.4 Å². The number of nitrogens with one attached hydrogen (secondary N) is 1. The largest absolute Gasteiger partial charge is 0.321 e. The van der Waals surface area contributed by atoms with Gasteiger partial charge in [0.15, 0.2) is 0 Å². The second-order valence-electron chi connectivity index (χ2n) is 3.75. The van der Waals surface area contributed by atoms with E-state index in [2.05, 4.69) is 10.3 Å². The predicted molar refractivity (Wildman–Crippen MR) is 68.3 cm³/mol. The highest BCUT2D eigenvalue weighted by atomic mass is 35.5. The molecule has 0 bridgehead atoms. The highest BCUT2D eigenvalue weighted by molar-refractivity contribution is 6.33. The van der Waals surface area contributed by atoms with Crippen LogP contribution in [-0.2, 0) is 0 Å². The van der Waals surface area contributed by atoms with Crippen LogP contribution in [0.5, 0.6) is 0 Å².